The lowest BCUT2D eigenvalue weighted by Gasteiger charge is -1.99. The molecule has 25 heavy (non-hydrogen) atoms. The van der Waals surface area contributed by atoms with Gasteiger partial charge in [-0.05, 0) is 55.5 Å². The predicted octanol–water partition coefficient (Wildman–Crippen LogP) is 5.63. The highest BCUT2D eigenvalue weighted by Crippen LogP contribution is 2.33. The van der Waals surface area contributed by atoms with Crippen LogP contribution < -0.4 is 5.43 Å². The number of nitrogens with zero attached hydrogens (tertiary/aromatic N) is 1. The molecule has 0 bridgehead atoms. The second kappa shape index (κ2) is 8.34. The highest BCUT2D eigenvalue weighted by molar-refractivity contribution is 8.01. The lowest BCUT2D eigenvalue weighted by molar-refractivity contribution is 0.0955. The zero-order valence-corrected chi connectivity index (χ0v) is 15.8. The predicted molar refractivity (Wildman–Crippen MR) is 106 cm³/mol. The van der Waals surface area contributed by atoms with Gasteiger partial charge in [-0.25, -0.2) is 5.43 Å². The van der Waals surface area contributed by atoms with Gasteiger partial charge in [0.1, 0.15) is 0 Å². The lowest BCUT2D eigenvalue weighted by atomic mass is 10.1. The number of carbonyl (C=O) groups excluding carboxylic acids is 1. The molecule has 3 aromatic rings. The molecule has 0 aliphatic heterocycles. The summed E-state index contributed by atoms with van der Waals surface area (Å²) >= 11 is 9.17. The van der Waals surface area contributed by atoms with Crippen LogP contribution in [0.3, 0.4) is 0 Å². The SMILES string of the molecule is Cc1ccc(C(=O)N/N=C\c2ccc(Sc3ccc(Cl)cc3)s2)cc1. The molecule has 126 valence electrons. The zero-order chi connectivity index (χ0) is 17.6. The van der Waals surface area contributed by atoms with Gasteiger partial charge in [0.25, 0.3) is 5.91 Å². The first kappa shape index (κ1) is 17.7. The van der Waals surface area contributed by atoms with Crippen molar-refractivity contribution in [2.75, 3.05) is 0 Å². The molecular weight excluding hydrogens is 372 g/mol. The summed E-state index contributed by atoms with van der Waals surface area (Å²) < 4.78 is 1.15. The van der Waals surface area contributed by atoms with Crippen LogP contribution in [-0.4, -0.2) is 12.1 Å². The highest BCUT2D eigenvalue weighted by atomic mass is 35.5. The third kappa shape index (κ3) is 5.19. The quantitative estimate of drug-likeness (QED) is 0.456. The molecule has 3 rings (SSSR count). The van der Waals surface area contributed by atoms with Crippen molar-refractivity contribution in [2.45, 2.75) is 16.0 Å². The van der Waals surface area contributed by atoms with Crippen LogP contribution >= 0.6 is 34.7 Å². The fraction of sp³-hybridized carbons (Fsp3) is 0.0526. The second-order valence-corrected chi connectivity index (χ2v) is 8.20. The molecular formula is C19H15ClN2OS2. The summed E-state index contributed by atoms with van der Waals surface area (Å²) in [7, 11) is 0. The van der Waals surface area contributed by atoms with Crippen LogP contribution in [0.25, 0.3) is 0 Å². The first-order chi connectivity index (χ1) is 12.1. The first-order valence-electron chi connectivity index (χ1n) is 7.53. The van der Waals surface area contributed by atoms with E-state index in [1.165, 1.54) is 0 Å². The molecule has 0 atom stereocenters. The average molecular weight is 387 g/mol. The van der Waals surface area contributed by atoms with Crippen LogP contribution in [0, 0.1) is 6.92 Å². The topological polar surface area (TPSA) is 41.5 Å². The standard InChI is InChI=1S/C19H15ClN2OS2/c1-13-2-4-14(5-3-13)19(23)22-21-12-17-10-11-18(25-17)24-16-8-6-15(20)7-9-16/h2-12H,1H3,(H,22,23)/b21-12-. The van der Waals surface area contributed by atoms with E-state index in [1.54, 1.807) is 41.4 Å². The van der Waals surface area contributed by atoms with Gasteiger partial charge in [-0.2, -0.15) is 5.10 Å². The van der Waals surface area contributed by atoms with Gasteiger partial charge in [0, 0.05) is 20.4 Å². The van der Waals surface area contributed by atoms with Crippen molar-refractivity contribution in [2.24, 2.45) is 5.10 Å². The van der Waals surface area contributed by atoms with Crippen molar-refractivity contribution in [1.29, 1.82) is 0 Å². The number of amides is 1. The van der Waals surface area contributed by atoms with Crippen molar-refractivity contribution in [1.82, 2.24) is 5.43 Å². The normalized spacial score (nSPS) is 11.0. The molecule has 0 saturated heterocycles. The minimum absolute atomic E-state index is 0.219. The number of hydrogen-bond acceptors (Lipinski definition) is 4. The maximum absolute atomic E-state index is 12.0. The van der Waals surface area contributed by atoms with Crippen LogP contribution in [0.1, 0.15) is 20.8 Å². The Morgan fingerprint density at radius 3 is 2.52 bits per heavy atom. The Labute approximate surface area is 159 Å². The summed E-state index contributed by atoms with van der Waals surface area (Å²) in [6.07, 6.45) is 1.66. The summed E-state index contributed by atoms with van der Waals surface area (Å²) in [4.78, 5) is 14.1. The molecule has 0 fully saturated rings. The molecule has 1 N–H and O–H groups in total. The smallest absolute Gasteiger partial charge is 0.267 e. The van der Waals surface area contributed by atoms with Crippen molar-refractivity contribution in [3.8, 4) is 0 Å². The Morgan fingerprint density at radius 1 is 1.08 bits per heavy atom. The van der Waals surface area contributed by atoms with E-state index in [0.717, 1.165) is 24.6 Å². The van der Waals surface area contributed by atoms with Crippen LogP contribution in [0.4, 0.5) is 0 Å². The number of halogens is 1. The van der Waals surface area contributed by atoms with Gasteiger partial charge < -0.3 is 0 Å². The Kier molecular flexibility index (Phi) is 5.91. The molecule has 6 heteroatoms. The number of aryl methyl sites for hydroxylation is 1. The second-order valence-electron chi connectivity index (χ2n) is 5.28. The number of rotatable bonds is 5. The third-order valence-electron chi connectivity index (χ3n) is 3.31. The van der Waals surface area contributed by atoms with Crippen LogP contribution in [-0.2, 0) is 0 Å². The Morgan fingerprint density at radius 2 is 1.80 bits per heavy atom. The Bertz CT molecular complexity index is 887. The van der Waals surface area contributed by atoms with Gasteiger partial charge in [0.2, 0.25) is 0 Å². The summed E-state index contributed by atoms with van der Waals surface area (Å²) in [5.74, 6) is -0.219. The van der Waals surface area contributed by atoms with Crippen molar-refractivity contribution >= 4 is 46.8 Å². The number of hydrogen-bond donors (Lipinski definition) is 1. The Hall–Kier alpha value is -2.08. The first-order valence-corrected chi connectivity index (χ1v) is 9.54. The summed E-state index contributed by atoms with van der Waals surface area (Å²) in [6.45, 7) is 1.98. The molecule has 1 amide bonds. The molecule has 0 spiro atoms. The molecule has 0 aliphatic rings. The van der Waals surface area contributed by atoms with Crippen LogP contribution in [0.15, 0.2) is 74.9 Å². The van der Waals surface area contributed by atoms with E-state index in [1.807, 2.05) is 55.5 Å². The minimum Gasteiger partial charge on any atom is -0.267 e. The summed E-state index contributed by atoms with van der Waals surface area (Å²) in [5.41, 5.74) is 4.25. The number of hydrazone groups is 1. The highest BCUT2D eigenvalue weighted by Gasteiger charge is 2.04. The number of benzene rings is 2. The van der Waals surface area contributed by atoms with Crippen molar-refractivity contribution in [3.63, 3.8) is 0 Å². The molecule has 0 aliphatic carbocycles. The summed E-state index contributed by atoms with van der Waals surface area (Å²) in [5, 5.41) is 4.76. The van der Waals surface area contributed by atoms with E-state index in [9.17, 15) is 4.79 Å². The maximum Gasteiger partial charge on any atom is 0.271 e. The summed E-state index contributed by atoms with van der Waals surface area (Å²) in [6, 6.07) is 19.1. The lowest BCUT2D eigenvalue weighted by Crippen LogP contribution is -2.17. The van der Waals surface area contributed by atoms with Gasteiger partial charge in [0.15, 0.2) is 0 Å². The molecule has 1 heterocycles. The molecule has 3 nitrogen and oxygen atoms in total. The molecule has 0 radical (unpaired) electrons. The van der Waals surface area contributed by atoms with Gasteiger partial charge in [-0.1, -0.05) is 41.1 Å². The van der Waals surface area contributed by atoms with E-state index >= 15 is 0 Å². The fourth-order valence-electron chi connectivity index (χ4n) is 2.00. The van der Waals surface area contributed by atoms with Gasteiger partial charge >= 0.3 is 0 Å². The van der Waals surface area contributed by atoms with Crippen LogP contribution in [0.5, 0.6) is 0 Å². The van der Waals surface area contributed by atoms with E-state index in [-0.39, 0.29) is 5.91 Å². The average Bonchev–Trinajstić information content (AvgIpc) is 3.05. The Balaban J connectivity index is 1.57. The number of thiophene rings is 1. The molecule has 1 aromatic heterocycles. The molecule has 2 aromatic carbocycles. The van der Waals surface area contributed by atoms with E-state index in [4.69, 9.17) is 11.6 Å². The van der Waals surface area contributed by atoms with Gasteiger partial charge in [-0.3, -0.25) is 4.79 Å². The van der Waals surface area contributed by atoms with Crippen LogP contribution in [0.2, 0.25) is 5.02 Å². The van der Waals surface area contributed by atoms with Gasteiger partial charge in [0.05, 0.1) is 10.4 Å². The fourth-order valence-corrected chi connectivity index (χ4v) is 4.12. The van der Waals surface area contributed by atoms with E-state index in [2.05, 4.69) is 10.5 Å². The van der Waals surface area contributed by atoms with Crippen molar-refractivity contribution in [3.05, 3.63) is 81.7 Å². The molecule has 0 unspecified atom stereocenters. The largest absolute Gasteiger partial charge is 0.271 e. The van der Waals surface area contributed by atoms with Crippen molar-refractivity contribution < 1.29 is 4.79 Å². The number of carbonyl (C=O) groups is 1. The van der Waals surface area contributed by atoms with E-state index < -0.39 is 0 Å². The number of nitrogens with one attached hydrogen (secondary N) is 1. The third-order valence-corrected chi connectivity index (χ3v) is 5.72. The molecule has 0 saturated carbocycles. The van der Waals surface area contributed by atoms with E-state index in [0.29, 0.717) is 5.56 Å². The zero-order valence-electron chi connectivity index (χ0n) is 13.4. The maximum atomic E-state index is 12.0. The minimum atomic E-state index is -0.219. The monoisotopic (exact) mass is 386 g/mol. The van der Waals surface area contributed by atoms with Gasteiger partial charge in [-0.15, -0.1) is 11.3 Å².